The van der Waals surface area contributed by atoms with E-state index in [4.69, 9.17) is 9.47 Å². The average Bonchev–Trinajstić information content (AvgIpc) is 3.21. The molecule has 3 rings (SSSR count). The van der Waals surface area contributed by atoms with E-state index in [1.54, 1.807) is 4.90 Å². The second-order valence-electron chi connectivity index (χ2n) is 5.63. The molecule has 0 bridgehead atoms. The Hall–Kier alpha value is -1.50. The van der Waals surface area contributed by atoms with Crippen molar-refractivity contribution in [3.63, 3.8) is 0 Å². The van der Waals surface area contributed by atoms with Crippen LogP contribution in [-0.4, -0.2) is 61.5 Å². The summed E-state index contributed by atoms with van der Waals surface area (Å²) in [6.07, 6.45) is 3.36. The molecule has 1 atom stereocenters. The van der Waals surface area contributed by atoms with E-state index in [0.717, 1.165) is 25.7 Å². The van der Waals surface area contributed by atoms with Crippen LogP contribution in [0.3, 0.4) is 0 Å². The van der Waals surface area contributed by atoms with Crippen LogP contribution in [0.15, 0.2) is 0 Å². The minimum atomic E-state index is -0.246. The molecule has 0 radical (unpaired) electrons. The third-order valence-corrected chi connectivity index (χ3v) is 3.94. The molecule has 3 aliphatic rings. The lowest BCUT2D eigenvalue weighted by Crippen LogP contribution is -2.46. The first kappa shape index (κ1) is 13.5. The van der Waals surface area contributed by atoms with Gasteiger partial charge in [0.25, 0.3) is 0 Å². The molecule has 1 aliphatic carbocycles. The highest BCUT2D eigenvalue weighted by atomic mass is 16.6. The van der Waals surface area contributed by atoms with E-state index < -0.39 is 0 Å². The van der Waals surface area contributed by atoms with E-state index in [9.17, 15) is 9.59 Å². The standard InChI is InChI=1S/C13H21N3O4/c17-12(15-9-3-5-19-6-4-9)14-7-11-8-16(10-1-2-10)13(18)20-11/h9-11H,1-8H2,(H2,14,15,17). The summed E-state index contributed by atoms with van der Waals surface area (Å²) in [5, 5.41) is 5.69. The number of nitrogens with zero attached hydrogens (tertiary/aromatic N) is 1. The van der Waals surface area contributed by atoms with Crippen LogP contribution in [0.25, 0.3) is 0 Å². The Balaban J connectivity index is 1.36. The first-order valence-corrected chi connectivity index (χ1v) is 7.32. The Labute approximate surface area is 118 Å². The predicted octanol–water partition coefficient (Wildman–Crippen LogP) is 0.448. The van der Waals surface area contributed by atoms with Crippen molar-refractivity contribution < 1.29 is 19.1 Å². The number of hydrogen-bond donors (Lipinski definition) is 2. The molecule has 2 heterocycles. The van der Waals surface area contributed by atoms with Crippen molar-refractivity contribution in [2.45, 2.75) is 43.9 Å². The van der Waals surface area contributed by atoms with Crippen molar-refractivity contribution in [3.8, 4) is 0 Å². The number of carbonyl (C=O) groups excluding carboxylic acids is 2. The monoisotopic (exact) mass is 283 g/mol. The maximum absolute atomic E-state index is 11.8. The number of nitrogens with one attached hydrogen (secondary N) is 2. The van der Waals surface area contributed by atoms with Gasteiger partial charge in [-0.05, 0) is 25.7 Å². The number of ether oxygens (including phenoxy) is 2. The molecular formula is C13H21N3O4. The fourth-order valence-electron chi connectivity index (χ4n) is 2.62. The maximum atomic E-state index is 11.8. The summed E-state index contributed by atoms with van der Waals surface area (Å²) in [7, 11) is 0. The van der Waals surface area contributed by atoms with Gasteiger partial charge < -0.3 is 25.0 Å². The van der Waals surface area contributed by atoms with Gasteiger partial charge in [0.2, 0.25) is 0 Å². The molecule has 0 aromatic rings. The molecule has 1 unspecified atom stereocenters. The quantitative estimate of drug-likeness (QED) is 0.785. The molecule has 2 N–H and O–H groups in total. The van der Waals surface area contributed by atoms with E-state index in [1.165, 1.54) is 0 Å². The van der Waals surface area contributed by atoms with Gasteiger partial charge in [-0.3, -0.25) is 0 Å². The summed E-state index contributed by atoms with van der Waals surface area (Å²) in [5.74, 6) is 0. The van der Waals surface area contributed by atoms with E-state index in [0.29, 0.717) is 32.3 Å². The largest absolute Gasteiger partial charge is 0.442 e. The zero-order valence-electron chi connectivity index (χ0n) is 11.5. The third kappa shape index (κ3) is 3.33. The number of hydrogen-bond acceptors (Lipinski definition) is 4. The Morgan fingerprint density at radius 2 is 2.00 bits per heavy atom. The number of rotatable bonds is 4. The van der Waals surface area contributed by atoms with Crippen LogP contribution in [0, 0.1) is 0 Å². The predicted molar refractivity (Wildman–Crippen MR) is 70.4 cm³/mol. The SMILES string of the molecule is O=C(NCC1CN(C2CC2)C(=O)O1)NC1CCOCC1. The minimum absolute atomic E-state index is 0.179. The summed E-state index contributed by atoms with van der Waals surface area (Å²) in [4.78, 5) is 25.1. The molecular weight excluding hydrogens is 262 g/mol. The first-order valence-electron chi connectivity index (χ1n) is 7.32. The fourth-order valence-corrected chi connectivity index (χ4v) is 2.62. The summed E-state index contributed by atoms with van der Waals surface area (Å²) in [6, 6.07) is 0.347. The zero-order valence-corrected chi connectivity index (χ0v) is 11.5. The van der Waals surface area contributed by atoms with Gasteiger partial charge in [-0.15, -0.1) is 0 Å². The zero-order chi connectivity index (χ0) is 13.9. The Kier molecular flexibility index (Phi) is 3.95. The van der Waals surface area contributed by atoms with Crippen molar-refractivity contribution in [1.29, 1.82) is 0 Å². The number of carbonyl (C=O) groups is 2. The topological polar surface area (TPSA) is 79.9 Å². The van der Waals surface area contributed by atoms with Crippen LogP contribution in [0.1, 0.15) is 25.7 Å². The van der Waals surface area contributed by atoms with Crippen LogP contribution in [0.5, 0.6) is 0 Å². The average molecular weight is 283 g/mol. The Bertz CT molecular complexity index is 380. The minimum Gasteiger partial charge on any atom is -0.442 e. The van der Waals surface area contributed by atoms with Gasteiger partial charge in [-0.1, -0.05) is 0 Å². The van der Waals surface area contributed by atoms with E-state index in [-0.39, 0.29) is 24.3 Å². The van der Waals surface area contributed by atoms with E-state index in [1.807, 2.05) is 0 Å². The Morgan fingerprint density at radius 1 is 1.25 bits per heavy atom. The van der Waals surface area contributed by atoms with E-state index >= 15 is 0 Å². The summed E-state index contributed by atoms with van der Waals surface area (Å²) >= 11 is 0. The Morgan fingerprint density at radius 3 is 2.70 bits per heavy atom. The molecule has 2 aliphatic heterocycles. The lowest BCUT2D eigenvalue weighted by atomic mass is 10.1. The van der Waals surface area contributed by atoms with Crippen molar-refractivity contribution in [2.24, 2.45) is 0 Å². The van der Waals surface area contributed by atoms with Crippen LogP contribution in [0.4, 0.5) is 9.59 Å². The van der Waals surface area contributed by atoms with Crippen molar-refractivity contribution in [3.05, 3.63) is 0 Å². The molecule has 0 spiro atoms. The van der Waals surface area contributed by atoms with Gasteiger partial charge in [0.15, 0.2) is 0 Å². The van der Waals surface area contributed by atoms with E-state index in [2.05, 4.69) is 10.6 Å². The van der Waals surface area contributed by atoms with Crippen LogP contribution < -0.4 is 10.6 Å². The smallest absolute Gasteiger partial charge is 0.410 e. The fraction of sp³-hybridized carbons (Fsp3) is 0.846. The highest BCUT2D eigenvalue weighted by Gasteiger charge is 2.40. The molecule has 20 heavy (non-hydrogen) atoms. The molecule has 0 aromatic heterocycles. The maximum Gasteiger partial charge on any atom is 0.410 e. The summed E-state index contributed by atoms with van der Waals surface area (Å²) < 4.78 is 10.5. The van der Waals surface area contributed by atoms with Gasteiger partial charge in [0.1, 0.15) is 6.10 Å². The van der Waals surface area contributed by atoms with Crippen LogP contribution in [-0.2, 0) is 9.47 Å². The summed E-state index contributed by atoms with van der Waals surface area (Å²) in [6.45, 7) is 2.34. The molecule has 7 nitrogen and oxygen atoms in total. The van der Waals surface area contributed by atoms with Gasteiger partial charge >= 0.3 is 12.1 Å². The van der Waals surface area contributed by atoms with Crippen molar-refractivity contribution in [2.75, 3.05) is 26.3 Å². The van der Waals surface area contributed by atoms with Crippen LogP contribution in [0.2, 0.25) is 0 Å². The van der Waals surface area contributed by atoms with Crippen LogP contribution >= 0.6 is 0 Å². The molecule has 3 amide bonds. The highest BCUT2D eigenvalue weighted by Crippen LogP contribution is 2.30. The molecule has 112 valence electrons. The molecule has 1 saturated carbocycles. The second-order valence-corrected chi connectivity index (χ2v) is 5.63. The first-order chi connectivity index (χ1) is 9.72. The number of urea groups is 1. The normalized spacial score (nSPS) is 27.3. The van der Waals surface area contributed by atoms with Gasteiger partial charge in [-0.2, -0.15) is 0 Å². The highest BCUT2D eigenvalue weighted by molar-refractivity contribution is 5.74. The second kappa shape index (κ2) is 5.87. The van der Waals surface area contributed by atoms with Gasteiger partial charge in [0.05, 0.1) is 13.1 Å². The molecule has 3 fully saturated rings. The number of cyclic esters (lactones) is 1. The summed E-state index contributed by atoms with van der Waals surface area (Å²) in [5.41, 5.74) is 0. The van der Waals surface area contributed by atoms with Gasteiger partial charge in [-0.25, -0.2) is 9.59 Å². The number of amides is 3. The lowest BCUT2D eigenvalue weighted by molar-refractivity contribution is 0.0798. The lowest BCUT2D eigenvalue weighted by Gasteiger charge is -2.23. The molecule has 7 heteroatoms. The third-order valence-electron chi connectivity index (χ3n) is 3.94. The van der Waals surface area contributed by atoms with Crippen molar-refractivity contribution in [1.82, 2.24) is 15.5 Å². The van der Waals surface area contributed by atoms with Gasteiger partial charge in [0, 0.05) is 25.3 Å². The molecule has 2 saturated heterocycles. The molecule has 0 aromatic carbocycles. The van der Waals surface area contributed by atoms with Crippen molar-refractivity contribution >= 4 is 12.1 Å².